The second kappa shape index (κ2) is 4.87. The van der Waals surface area contributed by atoms with E-state index in [9.17, 15) is 9.59 Å². The third-order valence-electron chi connectivity index (χ3n) is 4.30. The van der Waals surface area contributed by atoms with E-state index < -0.39 is 11.6 Å². The van der Waals surface area contributed by atoms with Gasteiger partial charge in [-0.15, -0.1) is 0 Å². The van der Waals surface area contributed by atoms with Crippen LogP contribution in [0.1, 0.15) is 59.3 Å². The summed E-state index contributed by atoms with van der Waals surface area (Å²) in [6.07, 6.45) is 5.63. The lowest BCUT2D eigenvalue weighted by atomic mass is 9.85. The van der Waals surface area contributed by atoms with E-state index in [2.05, 4.69) is 0 Å². The lowest BCUT2D eigenvalue weighted by Crippen LogP contribution is -2.35. The smallest absolute Gasteiger partial charge is 0.342 e. The summed E-state index contributed by atoms with van der Waals surface area (Å²) in [5, 5.41) is 0. The fraction of sp³-hybridized carbons (Fsp3) is 0.733. The van der Waals surface area contributed by atoms with Gasteiger partial charge in [0.05, 0.1) is 0 Å². The van der Waals surface area contributed by atoms with Crippen LogP contribution in [0.5, 0.6) is 0 Å². The highest BCUT2D eigenvalue weighted by atomic mass is 16.6. The molecule has 0 aromatic rings. The Morgan fingerprint density at radius 2 is 1.67 bits per heavy atom. The van der Waals surface area contributed by atoms with Crippen molar-refractivity contribution in [1.29, 1.82) is 0 Å². The van der Waals surface area contributed by atoms with Crippen LogP contribution in [0.4, 0.5) is 0 Å². The highest BCUT2D eigenvalue weighted by Gasteiger charge is 2.52. The first-order valence-corrected chi connectivity index (χ1v) is 6.97. The monoisotopic (exact) mass is 250 g/mol. The molecule has 0 radical (unpaired) electrons. The van der Waals surface area contributed by atoms with Gasteiger partial charge in [0.25, 0.3) is 0 Å². The van der Waals surface area contributed by atoms with Gasteiger partial charge in [-0.1, -0.05) is 32.3 Å². The predicted octanol–water partition coefficient (Wildman–Crippen LogP) is 3.18. The zero-order valence-corrected chi connectivity index (χ0v) is 11.5. The van der Waals surface area contributed by atoms with E-state index in [1.54, 1.807) is 0 Å². The second-order valence-corrected chi connectivity index (χ2v) is 5.84. The molecular weight excluding hydrogens is 228 g/mol. The quantitative estimate of drug-likeness (QED) is 0.408. The van der Waals surface area contributed by atoms with Crippen molar-refractivity contribution >= 4 is 11.8 Å². The molecule has 0 amide bonds. The van der Waals surface area contributed by atoms with Crippen LogP contribution in [0, 0.1) is 5.92 Å². The predicted molar refractivity (Wildman–Crippen MR) is 69.1 cm³/mol. The van der Waals surface area contributed by atoms with Gasteiger partial charge in [0.2, 0.25) is 5.78 Å². The van der Waals surface area contributed by atoms with Crippen LogP contribution in [-0.4, -0.2) is 17.4 Å². The van der Waals surface area contributed by atoms with Crippen molar-refractivity contribution in [3.05, 3.63) is 11.1 Å². The van der Waals surface area contributed by atoms with Crippen LogP contribution in [0.15, 0.2) is 11.1 Å². The van der Waals surface area contributed by atoms with Gasteiger partial charge in [0.1, 0.15) is 5.57 Å². The molecule has 1 aliphatic carbocycles. The molecule has 0 aromatic carbocycles. The Labute approximate surface area is 109 Å². The largest absolute Gasteiger partial charge is 0.447 e. The van der Waals surface area contributed by atoms with Crippen LogP contribution in [-0.2, 0) is 14.3 Å². The third kappa shape index (κ3) is 2.11. The Balaban J connectivity index is 2.36. The molecule has 0 atom stereocenters. The summed E-state index contributed by atoms with van der Waals surface area (Å²) >= 11 is 0. The standard InChI is InChI=1S/C15H22O3/c1-10(2)11(3)12-13(16)15(18-14(12)17)8-6-4-5-7-9-15/h10H,4-9H2,1-3H3/b12-11+. The van der Waals surface area contributed by atoms with E-state index in [1.165, 1.54) is 0 Å². The van der Waals surface area contributed by atoms with Crippen LogP contribution in [0.3, 0.4) is 0 Å². The lowest BCUT2D eigenvalue weighted by molar-refractivity contribution is -0.152. The van der Waals surface area contributed by atoms with Crippen molar-refractivity contribution in [1.82, 2.24) is 0 Å². The van der Waals surface area contributed by atoms with Gasteiger partial charge in [0, 0.05) is 0 Å². The molecule has 2 fully saturated rings. The Kier molecular flexibility index (Phi) is 3.60. The van der Waals surface area contributed by atoms with Crippen LogP contribution >= 0.6 is 0 Å². The number of allylic oxidation sites excluding steroid dienone is 1. The molecular formula is C15H22O3. The van der Waals surface area contributed by atoms with Gasteiger partial charge >= 0.3 is 5.97 Å². The van der Waals surface area contributed by atoms with E-state index in [4.69, 9.17) is 4.74 Å². The fourth-order valence-electron chi connectivity index (χ4n) is 2.85. The number of Topliss-reactive ketones (excluding diaryl/α,β-unsaturated/α-hetero) is 1. The summed E-state index contributed by atoms with van der Waals surface area (Å²) < 4.78 is 5.52. The summed E-state index contributed by atoms with van der Waals surface area (Å²) in [5.74, 6) is -0.244. The number of hydrogen-bond donors (Lipinski definition) is 0. The lowest BCUT2D eigenvalue weighted by Gasteiger charge is -2.23. The van der Waals surface area contributed by atoms with Gasteiger partial charge in [-0.05, 0) is 38.5 Å². The molecule has 0 unspecified atom stereocenters. The van der Waals surface area contributed by atoms with Crippen molar-refractivity contribution in [3.63, 3.8) is 0 Å². The maximum atomic E-state index is 12.6. The highest BCUT2D eigenvalue weighted by molar-refractivity contribution is 6.25. The molecule has 1 saturated heterocycles. The molecule has 0 bridgehead atoms. The minimum Gasteiger partial charge on any atom is -0.447 e. The maximum absolute atomic E-state index is 12.6. The first-order chi connectivity index (χ1) is 8.48. The molecule has 1 saturated carbocycles. The number of esters is 1. The Bertz CT molecular complexity index is 396. The Morgan fingerprint density at radius 3 is 2.17 bits per heavy atom. The zero-order valence-electron chi connectivity index (χ0n) is 11.5. The number of rotatable bonds is 1. The molecule has 0 N–H and O–H groups in total. The Morgan fingerprint density at radius 1 is 1.11 bits per heavy atom. The minimum atomic E-state index is -0.820. The average molecular weight is 250 g/mol. The van der Waals surface area contributed by atoms with Gasteiger partial charge < -0.3 is 4.74 Å². The molecule has 1 aliphatic heterocycles. The summed E-state index contributed by atoms with van der Waals surface area (Å²) in [5.41, 5.74) is 0.372. The minimum absolute atomic E-state index is 0.0550. The van der Waals surface area contributed by atoms with Crippen molar-refractivity contribution in [3.8, 4) is 0 Å². The zero-order chi connectivity index (χ0) is 13.3. The summed E-state index contributed by atoms with van der Waals surface area (Å²) in [7, 11) is 0. The molecule has 1 heterocycles. The first-order valence-electron chi connectivity index (χ1n) is 6.97. The van der Waals surface area contributed by atoms with Gasteiger partial charge in [-0.25, -0.2) is 4.79 Å². The molecule has 3 nitrogen and oxygen atoms in total. The normalized spacial score (nSPS) is 26.4. The topological polar surface area (TPSA) is 43.4 Å². The number of carbonyl (C=O) groups excluding carboxylic acids is 2. The SMILES string of the molecule is C/C(=C1\C(=O)OC2(CCCCCC2)C1=O)C(C)C. The summed E-state index contributed by atoms with van der Waals surface area (Å²) in [6, 6.07) is 0. The van der Waals surface area contributed by atoms with E-state index in [0.717, 1.165) is 31.3 Å². The maximum Gasteiger partial charge on any atom is 0.342 e. The van der Waals surface area contributed by atoms with Gasteiger partial charge in [0.15, 0.2) is 5.60 Å². The van der Waals surface area contributed by atoms with Crippen molar-refractivity contribution in [2.45, 2.75) is 64.9 Å². The number of ketones is 1. The summed E-state index contributed by atoms with van der Waals surface area (Å²) in [4.78, 5) is 24.6. The second-order valence-electron chi connectivity index (χ2n) is 5.84. The molecule has 1 spiro atoms. The van der Waals surface area contributed by atoms with E-state index >= 15 is 0 Å². The molecule has 2 aliphatic rings. The first kappa shape index (κ1) is 13.3. The number of ether oxygens (including phenoxy) is 1. The van der Waals surface area contributed by atoms with Crippen LogP contribution in [0.2, 0.25) is 0 Å². The van der Waals surface area contributed by atoms with Gasteiger partial charge in [-0.3, -0.25) is 4.79 Å². The Hall–Kier alpha value is -1.12. The van der Waals surface area contributed by atoms with Crippen molar-refractivity contribution in [2.75, 3.05) is 0 Å². The summed E-state index contributed by atoms with van der Waals surface area (Å²) in [6.45, 7) is 5.87. The fourth-order valence-corrected chi connectivity index (χ4v) is 2.85. The van der Waals surface area contributed by atoms with Crippen molar-refractivity contribution in [2.24, 2.45) is 5.92 Å². The highest BCUT2D eigenvalue weighted by Crippen LogP contribution is 2.40. The van der Waals surface area contributed by atoms with Crippen LogP contribution < -0.4 is 0 Å². The van der Waals surface area contributed by atoms with Gasteiger partial charge in [-0.2, -0.15) is 0 Å². The molecule has 3 heteroatoms. The number of carbonyl (C=O) groups is 2. The van der Waals surface area contributed by atoms with E-state index in [0.29, 0.717) is 18.4 Å². The molecule has 0 aromatic heterocycles. The van der Waals surface area contributed by atoms with E-state index in [-0.39, 0.29) is 11.7 Å². The van der Waals surface area contributed by atoms with E-state index in [1.807, 2.05) is 20.8 Å². The third-order valence-corrected chi connectivity index (χ3v) is 4.30. The molecule has 18 heavy (non-hydrogen) atoms. The molecule has 2 rings (SSSR count). The van der Waals surface area contributed by atoms with Crippen molar-refractivity contribution < 1.29 is 14.3 Å². The average Bonchev–Trinajstić information content (AvgIpc) is 2.49. The molecule has 100 valence electrons. The number of hydrogen-bond acceptors (Lipinski definition) is 3. The van der Waals surface area contributed by atoms with Crippen LogP contribution in [0.25, 0.3) is 0 Å².